The molecule has 2 N–H and O–H groups in total. The number of alkyl halides is 3. The first-order valence-corrected chi connectivity index (χ1v) is 15.8. The zero-order valence-corrected chi connectivity index (χ0v) is 24.3. The van der Waals surface area contributed by atoms with E-state index >= 15 is 0 Å². The van der Waals surface area contributed by atoms with Gasteiger partial charge in [-0.05, 0) is 69.2 Å². The highest BCUT2D eigenvalue weighted by molar-refractivity contribution is 7.89. The van der Waals surface area contributed by atoms with E-state index < -0.39 is 32.2 Å². The normalized spacial score (nSPS) is 20.5. The Labute approximate surface area is 239 Å². The van der Waals surface area contributed by atoms with Gasteiger partial charge < -0.3 is 19.4 Å². The second-order valence-corrected chi connectivity index (χ2v) is 13.5. The number of carbonyl (C=O) groups is 1. The summed E-state index contributed by atoms with van der Waals surface area (Å²) in [5.74, 6) is 0.0739. The smallest absolute Gasteiger partial charge is 0.381 e. The number of hydrogen-bond donors (Lipinski definition) is 2. The van der Waals surface area contributed by atoms with Crippen molar-refractivity contribution < 1.29 is 35.9 Å². The molecule has 3 heterocycles. The molecule has 2 saturated heterocycles. The molecule has 1 saturated carbocycles. The van der Waals surface area contributed by atoms with Gasteiger partial charge in [0.15, 0.2) is 0 Å². The number of ether oxygens (including phenoxy) is 2. The number of amides is 1. The van der Waals surface area contributed by atoms with Gasteiger partial charge in [-0.2, -0.15) is 13.2 Å². The van der Waals surface area contributed by atoms with Crippen LogP contribution >= 0.6 is 0 Å². The molecule has 3 aliphatic rings. The molecule has 41 heavy (non-hydrogen) atoms. The molecule has 0 atom stereocenters. The van der Waals surface area contributed by atoms with Gasteiger partial charge in [0, 0.05) is 37.2 Å². The molecule has 3 fully saturated rings. The number of carbonyl (C=O) groups excluding carboxylic acids is 1. The van der Waals surface area contributed by atoms with Crippen LogP contribution in [0.3, 0.4) is 0 Å². The van der Waals surface area contributed by atoms with E-state index in [0.29, 0.717) is 55.5 Å². The number of halogens is 3. The van der Waals surface area contributed by atoms with Crippen LogP contribution in [0.15, 0.2) is 29.2 Å². The van der Waals surface area contributed by atoms with Gasteiger partial charge in [0.25, 0.3) is 5.91 Å². The van der Waals surface area contributed by atoms with Gasteiger partial charge in [-0.15, -0.1) is 0 Å². The molecule has 226 valence electrons. The van der Waals surface area contributed by atoms with Gasteiger partial charge in [0.1, 0.15) is 0 Å². The molecule has 1 amide bonds. The van der Waals surface area contributed by atoms with Crippen molar-refractivity contribution in [2.45, 2.75) is 88.0 Å². The maximum absolute atomic E-state index is 14.4. The van der Waals surface area contributed by atoms with E-state index in [0.717, 1.165) is 44.2 Å². The molecule has 12 heteroatoms. The van der Waals surface area contributed by atoms with Crippen LogP contribution in [0.1, 0.15) is 73.5 Å². The van der Waals surface area contributed by atoms with Crippen LogP contribution in [-0.4, -0.2) is 56.9 Å². The summed E-state index contributed by atoms with van der Waals surface area (Å²) in [6.07, 6.45) is 1.86. The lowest BCUT2D eigenvalue weighted by Crippen LogP contribution is -2.59. The molecule has 1 aromatic heterocycles. The molecule has 2 aromatic rings. The average molecular weight is 598 g/mol. The van der Waals surface area contributed by atoms with Crippen LogP contribution in [0.4, 0.5) is 13.2 Å². The second-order valence-electron chi connectivity index (χ2n) is 11.9. The summed E-state index contributed by atoms with van der Waals surface area (Å²) in [7, 11) is -4.49. The minimum absolute atomic E-state index is 0.0301. The van der Waals surface area contributed by atoms with Gasteiger partial charge in [0.05, 0.1) is 34.8 Å². The Morgan fingerprint density at radius 3 is 2.34 bits per heavy atom. The number of nitrogens with zero attached hydrogens (tertiary/aromatic N) is 1. The van der Waals surface area contributed by atoms with Gasteiger partial charge >= 0.3 is 6.18 Å². The maximum atomic E-state index is 14.4. The molecule has 0 unspecified atom stereocenters. The van der Waals surface area contributed by atoms with E-state index in [9.17, 15) is 26.4 Å². The van der Waals surface area contributed by atoms with Crippen molar-refractivity contribution >= 4 is 15.9 Å². The van der Waals surface area contributed by atoms with E-state index in [1.807, 2.05) is 11.5 Å². The second kappa shape index (κ2) is 11.7. The third-order valence-corrected chi connectivity index (χ3v) is 10.1. The lowest BCUT2D eigenvalue weighted by atomic mass is 9.89. The fourth-order valence-electron chi connectivity index (χ4n) is 6.07. The van der Waals surface area contributed by atoms with Crippen LogP contribution in [0, 0.1) is 12.8 Å². The molecule has 2 aliphatic heterocycles. The average Bonchev–Trinajstić information content (AvgIpc) is 3.23. The van der Waals surface area contributed by atoms with Crippen molar-refractivity contribution in [3.8, 4) is 11.3 Å². The largest absolute Gasteiger partial charge is 0.417 e. The van der Waals surface area contributed by atoms with Gasteiger partial charge in [0.2, 0.25) is 10.0 Å². The van der Waals surface area contributed by atoms with Crippen LogP contribution < -0.4 is 10.0 Å². The lowest BCUT2D eigenvalue weighted by Gasteiger charge is -2.38. The van der Waals surface area contributed by atoms with Crippen molar-refractivity contribution in [3.05, 3.63) is 41.1 Å². The summed E-state index contributed by atoms with van der Waals surface area (Å²) >= 11 is 0. The van der Waals surface area contributed by atoms with Crippen LogP contribution in [0.5, 0.6) is 0 Å². The number of benzene rings is 1. The summed E-state index contributed by atoms with van der Waals surface area (Å²) < 4.78 is 84.0. The minimum atomic E-state index is -4.92. The Hall–Kier alpha value is -2.41. The fraction of sp³-hybridized carbons (Fsp3) is 0.621. The quantitative estimate of drug-likeness (QED) is 0.445. The number of nitrogens with one attached hydrogen (secondary N) is 2. The summed E-state index contributed by atoms with van der Waals surface area (Å²) in [6.45, 7) is 5.27. The summed E-state index contributed by atoms with van der Waals surface area (Å²) in [5, 5.41) is 3.06. The van der Waals surface area contributed by atoms with Gasteiger partial charge in [-0.25, -0.2) is 13.1 Å². The maximum Gasteiger partial charge on any atom is 0.417 e. The van der Waals surface area contributed by atoms with Crippen LogP contribution in [-0.2, 0) is 32.2 Å². The third-order valence-electron chi connectivity index (χ3n) is 8.43. The Morgan fingerprint density at radius 2 is 1.73 bits per heavy atom. The minimum Gasteiger partial charge on any atom is -0.381 e. The molecule has 0 radical (unpaired) electrons. The Bertz CT molecular complexity index is 1370. The summed E-state index contributed by atoms with van der Waals surface area (Å²) in [4.78, 5) is 12.5. The van der Waals surface area contributed by atoms with E-state index in [2.05, 4.69) is 10.0 Å². The predicted molar refractivity (Wildman–Crippen MR) is 147 cm³/mol. The fourth-order valence-corrected chi connectivity index (χ4v) is 7.66. The van der Waals surface area contributed by atoms with E-state index in [-0.39, 0.29) is 30.7 Å². The Balaban J connectivity index is 1.54. The topological polar surface area (TPSA) is 98.7 Å². The monoisotopic (exact) mass is 597 g/mol. The number of hydrogen-bond acceptors (Lipinski definition) is 5. The van der Waals surface area contributed by atoms with Crippen molar-refractivity contribution in [3.63, 3.8) is 0 Å². The van der Waals surface area contributed by atoms with Crippen molar-refractivity contribution in [2.75, 3.05) is 26.4 Å². The highest BCUT2D eigenvalue weighted by atomic mass is 32.2. The molecule has 0 spiro atoms. The molecular formula is C29H38F3N3O5S. The number of aromatic nitrogens is 1. The zero-order chi connectivity index (χ0) is 29.4. The van der Waals surface area contributed by atoms with Crippen molar-refractivity contribution in [1.29, 1.82) is 0 Å². The third kappa shape index (κ3) is 6.65. The van der Waals surface area contributed by atoms with Gasteiger partial charge in [-0.3, -0.25) is 4.79 Å². The number of sulfonamides is 1. The zero-order valence-electron chi connectivity index (χ0n) is 23.5. The Kier molecular flexibility index (Phi) is 8.58. The standard InChI is InChI=1S/C29H38F3N3O5S/c1-19-23(27(36)33-22-10-12-39-13-11-22)15-25(35(19)16-20-6-4-3-5-7-20)21-8-9-26(24(14-21)29(30,31)32)41(37,38)34-28(2)17-40-18-28/h8-9,14-15,20,22,34H,3-7,10-13,16-18H2,1-2H3,(H,33,36). The van der Waals surface area contributed by atoms with Crippen LogP contribution in [0.2, 0.25) is 0 Å². The predicted octanol–water partition coefficient (Wildman–Crippen LogP) is 5.04. The van der Waals surface area contributed by atoms with E-state index in [4.69, 9.17) is 9.47 Å². The molecular weight excluding hydrogens is 559 g/mol. The van der Waals surface area contributed by atoms with Crippen molar-refractivity contribution in [2.24, 2.45) is 5.92 Å². The highest BCUT2D eigenvalue weighted by Gasteiger charge is 2.42. The summed E-state index contributed by atoms with van der Waals surface area (Å²) in [6, 6.07) is 4.91. The first kappa shape index (κ1) is 30.1. The van der Waals surface area contributed by atoms with E-state index in [1.54, 1.807) is 13.0 Å². The summed E-state index contributed by atoms with van der Waals surface area (Å²) in [5.41, 5.74) is -0.445. The SMILES string of the molecule is Cc1c(C(=O)NC2CCOCC2)cc(-c2ccc(S(=O)(=O)NC3(C)COC3)c(C(F)(F)F)c2)n1CC1CCCCC1. The Morgan fingerprint density at radius 1 is 1.05 bits per heavy atom. The molecule has 1 aromatic carbocycles. The molecule has 1 aliphatic carbocycles. The van der Waals surface area contributed by atoms with Crippen molar-refractivity contribution in [1.82, 2.24) is 14.6 Å². The van der Waals surface area contributed by atoms with Crippen LogP contribution in [0.25, 0.3) is 11.3 Å². The van der Waals surface area contributed by atoms with Gasteiger partial charge in [-0.1, -0.05) is 25.3 Å². The van der Waals surface area contributed by atoms with E-state index in [1.165, 1.54) is 6.07 Å². The highest BCUT2D eigenvalue weighted by Crippen LogP contribution is 2.39. The first-order valence-electron chi connectivity index (χ1n) is 14.3. The number of rotatable bonds is 8. The molecule has 5 rings (SSSR count). The molecule has 8 nitrogen and oxygen atoms in total. The molecule has 0 bridgehead atoms. The first-order chi connectivity index (χ1) is 19.4. The lowest BCUT2D eigenvalue weighted by molar-refractivity contribution is -0.139.